The maximum Gasteiger partial charge on any atom is 0.125 e. The van der Waals surface area contributed by atoms with Gasteiger partial charge in [-0.25, -0.2) is 0 Å². The van der Waals surface area contributed by atoms with Crippen LogP contribution in [0.5, 0.6) is 5.75 Å². The summed E-state index contributed by atoms with van der Waals surface area (Å²) in [6.45, 7) is 1.55. The van der Waals surface area contributed by atoms with E-state index in [2.05, 4.69) is 5.32 Å². The van der Waals surface area contributed by atoms with Gasteiger partial charge in [-0.2, -0.15) is 0 Å². The summed E-state index contributed by atoms with van der Waals surface area (Å²) in [6, 6.07) is 7.77. The monoisotopic (exact) mass is 219 g/mol. The number of nitrogens with one attached hydrogen (secondary N) is 1. The van der Waals surface area contributed by atoms with Gasteiger partial charge in [-0.3, -0.25) is 0 Å². The van der Waals surface area contributed by atoms with Gasteiger partial charge in [-0.05, 0) is 25.5 Å². The van der Waals surface area contributed by atoms with Crippen LogP contribution in [0.3, 0.4) is 0 Å². The number of para-hydroxylation sites is 1. The lowest BCUT2D eigenvalue weighted by atomic mass is 9.79. The van der Waals surface area contributed by atoms with Crippen LogP contribution in [-0.4, -0.2) is 23.8 Å². The fourth-order valence-corrected chi connectivity index (χ4v) is 2.77. The van der Waals surface area contributed by atoms with Crippen molar-refractivity contribution >= 4 is 0 Å². The van der Waals surface area contributed by atoms with Crippen LogP contribution in [0.15, 0.2) is 24.3 Å². The minimum atomic E-state index is -0.447. The molecule has 2 aliphatic heterocycles. The van der Waals surface area contributed by atoms with Crippen molar-refractivity contribution in [3.8, 4) is 5.75 Å². The van der Waals surface area contributed by atoms with Crippen molar-refractivity contribution in [1.29, 1.82) is 0 Å². The molecule has 1 saturated heterocycles. The Morgan fingerprint density at radius 1 is 1.31 bits per heavy atom. The second-order valence-corrected chi connectivity index (χ2v) is 4.77. The van der Waals surface area contributed by atoms with Gasteiger partial charge in [0, 0.05) is 5.56 Å². The molecule has 3 heteroatoms. The van der Waals surface area contributed by atoms with E-state index >= 15 is 0 Å². The molecular weight excluding hydrogens is 202 g/mol. The fourth-order valence-electron chi connectivity index (χ4n) is 2.77. The van der Waals surface area contributed by atoms with Gasteiger partial charge in [0.2, 0.25) is 0 Å². The van der Waals surface area contributed by atoms with Crippen molar-refractivity contribution in [3.63, 3.8) is 0 Å². The lowest BCUT2D eigenvalue weighted by molar-refractivity contribution is -0.0111. The molecule has 1 fully saturated rings. The van der Waals surface area contributed by atoms with E-state index in [9.17, 15) is 5.11 Å². The summed E-state index contributed by atoms with van der Waals surface area (Å²) in [5.74, 6) is 0.827. The van der Waals surface area contributed by atoms with Crippen molar-refractivity contribution in [2.75, 3.05) is 13.2 Å². The summed E-state index contributed by atoms with van der Waals surface area (Å²) in [6.07, 6.45) is 2.89. The number of ether oxygens (including phenoxy) is 1. The van der Waals surface area contributed by atoms with Crippen LogP contribution in [0.2, 0.25) is 0 Å². The standard InChI is InChI=1S/C13H17NO2/c15-12-10-5-1-2-6-11(10)16-9-13(12)7-3-4-8-14-13/h1-2,5-6,12,14-15H,3-4,7-9H2/t12-,13-/m1/s1. The zero-order chi connectivity index (χ0) is 11.0. The van der Waals surface area contributed by atoms with Crippen LogP contribution in [0, 0.1) is 0 Å². The minimum absolute atomic E-state index is 0.257. The summed E-state index contributed by atoms with van der Waals surface area (Å²) in [7, 11) is 0. The van der Waals surface area contributed by atoms with Crippen LogP contribution in [0.25, 0.3) is 0 Å². The number of aliphatic hydroxyl groups is 1. The molecule has 2 heterocycles. The third kappa shape index (κ3) is 1.43. The van der Waals surface area contributed by atoms with E-state index in [4.69, 9.17) is 4.74 Å². The maximum atomic E-state index is 10.5. The summed E-state index contributed by atoms with van der Waals surface area (Å²) < 4.78 is 5.76. The van der Waals surface area contributed by atoms with Crippen LogP contribution >= 0.6 is 0 Å². The Morgan fingerprint density at radius 2 is 2.19 bits per heavy atom. The van der Waals surface area contributed by atoms with Crippen molar-refractivity contribution in [2.24, 2.45) is 0 Å². The first-order valence-electron chi connectivity index (χ1n) is 5.97. The Hall–Kier alpha value is -1.06. The summed E-state index contributed by atoms with van der Waals surface area (Å²) in [4.78, 5) is 0. The van der Waals surface area contributed by atoms with E-state index in [1.165, 1.54) is 6.42 Å². The van der Waals surface area contributed by atoms with E-state index in [0.29, 0.717) is 6.61 Å². The number of piperidine rings is 1. The zero-order valence-electron chi connectivity index (χ0n) is 9.28. The number of benzene rings is 1. The van der Waals surface area contributed by atoms with Crippen molar-refractivity contribution < 1.29 is 9.84 Å². The summed E-state index contributed by atoms with van der Waals surface area (Å²) in [5, 5.41) is 13.9. The highest BCUT2D eigenvalue weighted by Crippen LogP contribution is 2.41. The van der Waals surface area contributed by atoms with Crippen LogP contribution in [0.1, 0.15) is 30.9 Å². The molecule has 1 aromatic carbocycles. The normalized spacial score (nSPS) is 33.2. The molecule has 0 amide bonds. The quantitative estimate of drug-likeness (QED) is 0.696. The molecule has 86 valence electrons. The van der Waals surface area contributed by atoms with E-state index in [-0.39, 0.29) is 5.54 Å². The van der Waals surface area contributed by atoms with Crippen molar-refractivity contribution in [1.82, 2.24) is 5.32 Å². The van der Waals surface area contributed by atoms with Crippen molar-refractivity contribution in [2.45, 2.75) is 30.9 Å². The second kappa shape index (κ2) is 3.75. The lowest BCUT2D eigenvalue weighted by Crippen LogP contribution is -2.58. The van der Waals surface area contributed by atoms with Gasteiger partial charge in [-0.15, -0.1) is 0 Å². The van der Waals surface area contributed by atoms with Gasteiger partial charge in [0.05, 0.1) is 5.54 Å². The van der Waals surface area contributed by atoms with Crippen LogP contribution < -0.4 is 10.1 Å². The molecule has 0 bridgehead atoms. The number of rotatable bonds is 0. The van der Waals surface area contributed by atoms with Crippen LogP contribution in [0.4, 0.5) is 0 Å². The molecule has 0 unspecified atom stereocenters. The molecule has 2 aliphatic rings. The second-order valence-electron chi connectivity index (χ2n) is 4.77. The molecule has 0 aromatic heterocycles. The Kier molecular flexibility index (Phi) is 2.37. The first-order valence-corrected chi connectivity index (χ1v) is 5.97. The predicted molar refractivity (Wildman–Crippen MR) is 61.5 cm³/mol. The van der Waals surface area contributed by atoms with Gasteiger partial charge in [0.15, 0.2) is 0 Å². The highest BCUT2D eigenvalue weighted by molar-refractivity contribution is 5.39. The van der Waals surface area contributed by atoms with Gasteiger partial charge in [0.25, 0.3) is 0 Å². The Balaban J connectivity index is 1.96. The molecule has 3 rings (SSSR count). The number of aliphatic hydroxyl groups excluding tert-OH is 1. The minimum Gasteiger partial charge on any atom is -0.491 e. The lowest BCUT2D eigenvalue weighted by Gasteiger charge is -2.45. The van der Waals surface area contributed by atoms with Crippen molar-refractivity contribution in [3.05, 3.63) is 29.8 Å². The molecule has 2 N–H and O–H groups in total. The van der Waals surface area contributed by atoms with Gasteiger partial charge >= 0.3 is 0 Å². The Morgan fingerprint density at radius 3 is 3.00 bits per heavy atom. The Bertz CT molecular complexity index is 385. The van der Waals surface area contributed by atoms with Crippen LogP contribution in [-0.2, 0) is 0 Å². The largest absolute Gasteiger partial charge is 0.491 e. The third-order valence-electron chi connectivity index (χ3n) is 3.75. The van der Waals surface area contributed by atoms with Gasteiger partial charge in [-0.1, -0.05) is 24.6 Å². The number of hydrogen-bond acceptors (Lipinski definition) is 3. The zero-order valence-corrected chi connectivity index (χ0v) is 9.28. The summed E-state index contributed by atoms with van der Waals surface area (Å²) in [5.41, 5.74) is 0.662. The molecule has 1 aromatic rings. The van der Waals surface area contributed by atoms with Gasteiger partial charge in [0.1, 0.15) is 18.5 Å². The number of hydrogen-bond donors (Lipinski definition) is 2. The van der Waals surface area contributed by atoms with E-state index < -0.39 is 6.10 Å². The van der Waals surface area contributed by atoms with E-state index in [1.807, 2.05) is 24.3 Å². The molecular formula is C13H17NO2. The molecule has 0 aliphatic carbocycles. The first-order chi connectivity index (χ1) is 7.82. The molecule has 2 atom stereocenters. The van der Waals surface area contributed by atoms with E-state index in [0.717, 1.165) is 30.7 Å². The highest BCUT2D eigenvalue weighted by atomic mass is 16.5. The molecule has 1 spiro atoms. The average molecular weight is 219 g/mol. The molecule has 0 saturated carbocycles. The fraction of sp³-hybridized carbons (Fsp3) is 0.538. The van der Waals surface area contributed by atoms with E-state index in [1.54, 1.807) is 0 Å². The highest BCUT2D eigenvalue weighted by Gasteiger charge is 2.44. The maximum absolute atomic E-state index is 10.5. The third-order valence-corrected chi connectivity index (χ3v) is 3.75. The molecule has 16 heavy (non-hydrogen) atoms. The summed E-state index contributed by atoms with van der Waals surface area (Å²) >= 11 is 0. The SMILES string of the molecule is O[C@@H]1c2ccccc2OC[C@]12CCCCN2. The Labute approximate surface area is 95.4 Å². The molecule has 3 nitrogen and oxygen atoms in total. The van der Waals surface area contributed by atoms with Gasteiger partial charge < -0.3 is 15.2 Å². The average Bonchev–Trinajstić information content (AvgIpc) is 2.36. The first kappa shape index (κ1) is 10.1. The predicted octanol–water partition coefficient (Wildman–Crippen LogP) is 1.62. The smallest absolute Gasteiger partial charge is 0.125 e. The number of fused-ring (bicyclic) bond motifs is 1. The molecule has 0 radical (unpaired) electrons. The topological polar surface area (TPSA) is 41.5 Å².